The van der Waals surface area contributed by atoms with Crippen molar-refractivity contribution < 1.29 is 53.5 Å². The largest absolute Gasteiger partial charge is 0.506 e. The fraction of sp³-hybridized carbons (Fsp3) is 1.00. The molecule has 0 bridgehead atoms. The third-order valence-electron chi connectivity index (χ3n) is 3.42. The predicted molar refractivity (Wildman–Crippen MR) is 82.1 cm³/mol. The minimum Gasteiger partial charge on any atom is -0.382 e. The zero-order chi connectivity index (χ0) is 21.1. The van der Waals surface area contributed by atoms with E-state index in [1.807, 2.05) is 0 Å². The number of quaternary nitrogens is 1. The molecule has 160 valence electrons. The lowest BCUT2D eigenvalue weighted by Gasteiger charge is -2.33. The van der Waals surface area contributed by atoms with E-state index in [0.717, 1.165) is 37.3 Å². The average molecular weight is 422 g/mol. The molecule has 0 saturated heterocycles. The fourth-order valence-corrected chi connectivity index (χ4v) is 1.66. The Bertz CT molecular complexity index is 449. The van der Waals surface area contributed by atoms with Crippen LogP contribution in [0.15, 0.2) is 0 Å². The topological polar surface area (TPSA) is 61.8 Å². The molecular weight excluding hydrogens is 396 g/mol. The number of ether oxygens (including phenoxy) is 3. The molecule has 0 spiro atoms. The molecule has 0 aliphatic carbocycles. The normalized spacial score (nSPS) is 15.2. The number of halogens is 6. The summed E-state index contributed by atoms with van der Waals surface area (Å²) in [5.74, 6) is 0. The van der Waals surface area contributed by atoms with E-state index in [0.29, 0.717) is 13.2 Å². The van der Waals surface area contributed by atoms with Crippen LogP contribution in [0, 0.1) is 0 Å². The zero-order valence-corrected chi connectivity index (χ0v) is 15.9. The third kappa shape index (κ3) is 10.5. The molecule has 0 saturated carbocycles. The number of hydrogen-bond donors (Lipinski definition) is 0. The number of sulfone groups is 1. The third-order valence-corrected chi connectivity index (χ3v) is 4.63. The SMILES string of the molecule is CC[N+](C)(CCOC)CCOCCOC.O=S(=O)(C(F)(F)F)C(F)(F)F. The number of alkyl halides is 6. The van der Waals surface area contributed by atoms with Crippen molar-refractivity contribution in [3.63, 3.8) is 0 Å². The Hall–Kier alpha value is -0.630. The summed E-state index contributed by atoms with van der Waals surface area (Å²) in [5.41, 5.74) is -12.5. The second-order valence-electron chi connectivity index (χ2n) is 5.38. The molecule has 0 rings (SSSR count). The van der Waals surface area contributed by atoms with Crippen LogP contribution in [0.3, 0.4) is 0 Å². The Balaban J connectivity index is 0. The maximum absolute atomic E-state index is 11.0. The number of likely N-dealkylation sites (N-methyl/N-ethyl adjacent to an activating group) is 1. The van der Waals surface area contributed by atoms with Crippen LogP contribution >= 0.6 is 0 Å². The van der Waals surface area contributed by atoms with Gasteiger partial charge in [0.1, 0.15) is 13.1 Å². The highest BCUT2D eigenvalue weighted by atomic mass is 32.2. The molecule has 0 aromatic heterocycles. The molecule has 0 fully saturated rings. The van der Waals surface area contributed by atoms with Crippen molar-refractivity contribution in [1.29, 1.82) is 0 Å². The first kappa shape index (κ1) is 27.6. The van der Waals surface area contributed by atoms with Gasteiger partial charge in [0.05, 0.1) is 40.0 Å². The summed E-state index contributed by atoms with van der Waals surface area (Å²) in [5, 5.41) is 0. The molecule has 0 radical (unpaired) electrons. The van der Waals surface area contributed by atoms with Gasteiger partial charge in [-0.25, -0.2) is 8.42 Å². The van der Waals surface area contributed by atoms with E-state index in [-0.39, 0.29) is 0 Å². The first-order valence-corrected chi connectivity index (χ1v) is 8.93. The quantitative estimate of drug-likeness (QED) is 0.307. The van der Waals surface area contributed by atoms with Gasteiger partial charge in [-0.1, -0.05) is 0 Å². The molecule has 0 aliphatic heterocycles. The highest BCUT2D eigenvalue weighted by Crippen LogP contribution is 2.36. The van der Waals surface area contributed by atoms with E-state index in [9.17, 15) is 34.8 Å². The summed E-state index contributed by atoms with van der Waals surface area (Å²) < 4.78 is 101. The van der Waals surface area contributed by atoms with Crippen LogP contribution in [0.4, 0.5) is 26.3 Å². The van der Waals surface area contributed by atoms with Crippen molar-refractivity contribution in [2.24, 2.45) is 0 Å². The Morgan fingerprint density at radius 1 is 0.808 bits per heavy atom. The Labute approximate surface area is 149 Å². The molecule has 0 aromatic rings. The smallest absolute Gasteiger partial charge is 0.382 e. The highest BCUT2D eigenvalue weighted by molar-refractivity contribution is 7.93. The lowest BCUT2D eigenvalue weighted by Crippen LogP contribution is -2.48. The predicted octanol–water partition coefficient (Wildman–Crippen LogP) is 2.20. The molecule has 0 heterocycles. The van der Waals surface area contributed by atoms with Crippen molar-refractivity contribution >= 4 is 9.84 Å². The molecule has 0 aliphatic rings. The fourth-order valence-electron chi connectivity index (χ4n) is 1.40. The monoisotopic (exact) mass is 422 g/mol. The Morgan fingerprint density at radius 3 is 1.54 bits per heavy atom. The molecule has 0 aromatic carbocycles. The van der Waals surface area contributed by atoms with Crippen LogP contribution in [0.5, 0.6) is 0 Å². The summed E-state index contributed by atoms with van der Waals surface area (Å²) in [6.45, 7) is 8.34. The van der Waals surface area contributed by atoms with Gasteiger partial charge >= 0.3 is 20.9 Å². The van der Waals surface area contributed by atoms with Crippen molar-refractivity contribution in [2.75, 3.05) is 67.3 Å². The van der Waals surface area contributed by atoms with E-state index in [4.69, 9.17) is 14.2 Å². The summed E-state index contributed by atoms with van der Waals surface area (Å²) in [7, 11) is -1.35. The first-order valence-electron chi connectivity index (χ1n) is 7.45. The Morgan fingerprint density at radius 2 is 1.23 bits per heavy atom. The number of nitrogens with zero attached hydrogens (tertiary/aromatic N) is 1. The van der Waals surface area contributed by atoms with Gasteiger partial charge < -0.3 is 18.7 Å². The molecule has 0 N–H and O–H groups in total. The van der Waals surface area contributed by atoms with Gasteiger partial charge in [0.15, 0.2) is 0 Å². The van der Waals surface area contributed by atoms with Gasteiger partial charge in [0, 0.05) is 14.2 Å². The van der Waals surface area contributed by atoms with Crippen LogP contribution in [0.2, 0.25) is 0 Å². The van der Waals surface area contributed by atoms with Crippen LogP contribution in [0.25, 0.3) is 0 Å². The molecule has 26 heavy (non-hydrogen) atoms. The number of hydrogen-bond acceptors (Lipinski definition) is 5. The van der Waals surface area contributed by atoms with E-state index < -0.39 is 20.9 Å². The highest BCUT2D eigenvalue weighted by Gasteiger charge is 2.63. The Kier molecular flexibility index (Phi) is 12.7. The lowest BCUT2D eigenvalue weighted by molar-refractivity contribution is -0.908. The van der Waals surface area contributed by atoms with E-state index in [1.54, 1.807) is 14.2 Å². The van der Waals surface area contributed by atoms with Crippen LogP contribution < -0.4 is 0 Å². The standard InChI is InChI=1S/C11H26NO3.C2F6O2S/c1-5-12(2,6-8-13-3)7-9-15-11-10-14-4;3-1(4,5)11(9,10)2(6,7)8/h5-11H2,1-4H3;/q+1;. The number of methoxy groups -OCH3 is 2. The van der Waals surface area contributed by atoms with E-state index in [1.165, 1.54) is 0 Å². The van der Waals surface area contributed by atoms with Crippen molar-refractivity contribution in [3.05, 3.63) is 0 Å². The molecule has 0 amide bonds. The van der Waals surface area contributed by atoms with Crippen molar-refractivity contribution in [3.8, 4) is 0 Å². The maximum Gasteiger partial charge on any atom is 0.506 e. The van der Waals surface area contributed by atoms with E-state index in [2.05, 4.69) is 14.0 Å². The van der Waals surface area contributed by atoms with E-state index >= 15 is 0 Å². The van der Waals surface area contributed by atoms with Gasteiger partial charge in [-0.15, -0.1) is 0 Å². The van der Waals surface area contributed by atoms with Crippen LogP contribution in [-0.4, -0.2) is 91.2 Å². The minimum atomic E-state index is -7.01. The molecule has 13 heteroatoms. The average Bonchev–Trinajstić information content (AvgIpc) is 2.51. The first-order chi connectivity index (χ1) is 11.7. The maximum atomic E-state index is 11.0. The van der Waals surface area contributed by atoms with Gasteiger partial charge in [-0.3, -0.25) is 0 Å². The van der Waals surface area contributed by atoms with Crippen molar-refractivity contribution in [2.45, 2.75) is 17.9 Å². The molecule has 1 atom stereocenters. The van der Waals surface area contributed by atoms with Gasteiger partial charge in [-0.05, 0) is 6.92 Å². The second-order valence-corrected chi connectivity index (χ2v) is 7.31. The summed E-state index contributed by atoms with van der Waals surface area (Å²) in [4.78, 5) is 0. The summed E-state index contributed by atoms with van der Waals surface area (Å²) in [6.07, 6.45) is 0. The second kappa shape index (κ2) is 12.0. The van der Waals surface area contributed by atoms with Gasteiger partial charge in [0.25, 0.3) is 0 Å². The van der Waals surface area contributed by atoms with Gasteiger partial charge in [-0.2, -0.15) is 26.3 Å². The van der Waals surface area contributed by atoms with Crippen LogP contribution in [-0.2, 0) is 24.0 Å². The zero-order valence-electron chi connectivity index (χ0n) is 15.1. The summed E-state index contributed by atoms with van der Waals surface area (Å²) in [6, 6.07) is 0. The minimum absolute atomic E-state index is 0.675. The van der Waals surface area contributed by atoms with Gasteiger partial charge in [0.2, 0.25) is 0 Å². The number of rotatable bonds is 10. The lowest BCUT2D eigenvalue weighted by atomic mass is 10.4. The van der Waals surface area contributed by atoms with Crippen LogP contribution in [0.1, 0.15) is 6.92 Å². The summed E-state index contributed by atoms with van der Waals surface area (Å²) >= 11 is 0. The molecule has 6 nitrogen and oxygen atoms in total. The molecule has 1 unspecified atom stereocenters. The van der Waals surface area contributed by atoms with Crippen molar-refractivity contribution in [1.82, 2.24) is 0 Å². The molecular formula is C13H26F6NO5S+.